The lowest BCUT2D eigenvalue weighted by Gasteiger charge is -2.18. The predicted octanol–water partition coefficient (Wildman–Crippen LogP) is 2.42. The Hall–Kier alpha value is -2.65. The van der Waals surface area contributed by atoms with E-state index >= 15 is 0 Å². The van der Waals surface area contributed by atoms with Gasteiger partial charge in [0.15, 0.2) is 5.69 Å². The molecule has 27 heavy (non-hydrogen) atoms. The number of nitrogens with zero attached hydrogens (tertiary/aromatic N) is 5. The van der Waals surface area contributed by atoms with Gasteiger partial charge in [0.2, 0.25) is 5.95 Å². The van der Waals surface area contributed by atoms with Crippen molar-refractivity contribution >= 4 is 17.3 Å². The zero-order valence-corrected chi connectivity index (χ0v) is 15.9. The van der Waals surface area contributed by atoms with Crippen molar-refractivity contribution in [3.8, 4) is 5.95 Å². The molecule has 0 aromatic carbocycles. The third-order valence-electron chi connectivity index (χ3n) is 4.46. The normalized spacial score (nSPS) is 19.3. The maximum Gasteiger partial charge on any atom is 0.357 e. The number of rotatable bonds is 5. The number of aromatic nitrogens is 5. The molecule has 9 heteroatoms. The SMILES string of the molecule is CCOC(=O)c1csc(C2CCN[C@H]2c2cc(C)nc(-n3ccnc3)n2)n1. The number of hydrogen-bond acceptors (Lipinski definition) is 8. The van der Waals surface area contributed by atoms with Gasteiger partial charge in [0.1, 0.15) is 6.33 Å². The molecule has 1 aliphatic heterocycles. The van der Waals surface area contributed by atoms with E-state index in [1.54, 1.807) is 29.4 Å². The second-order valence-electron chi connectivity index (χ2n) is 6.32. The smallest absolute Gasteiger partial charge is 0.357 e. The lowest BCUT2D eigenvalue weighted by molar-refractivity contribution is 0.0520. The van der Waals surface area contributed by atoms with E-state index in [9.17, 15) is 4.79 Å². The van der Waals surface area contributed by atoms with Gasteiger partial charge in [0.05, 0.1) is 23.4 Å². The summed E-state index contributed by atoms with van der Waals surface area (Å²) in [6, 6.07) is 2.02. The van der Waals surface area contributed by atoms with Gasteiger partial charge in [0, 0.05) is 29.4 Å². The number of hydrogen-bond donors (Lipinski definition) is 1. The number of nitrogens with one attached hydrogen (secondary N) is 1. The minimum Gasteiger partial charge on any atom is -0.461 e. The summed E-state index contributed by atoms with van der Waals surface area (Å²) < 4.78 is 6.84. The first-order valence-electron chi connectivity index (χ1n) is 8.85. The second-order valence-corrected chi connectivity index (χ2v) is 7.21. The van der Waals surface area contributed by atoms with Crippen LogP contribution in [0.3, 0.4) is 0 Å². The summed E-state index contributed by atoms with van der Waals surface area (Å²) in [7, 11) is 0. The minimum absolute atomic E-state index is 0.0233. The van der Waals surface area contributed by atoms with E-state index in [1.807, 2.05) is 19.2 Å². The zero-order valence-electron chi connectivity index (χ0n) is 15.1. The number of ether oxygens (including phenoxy) is 1. The third kappa shape index (κ3) is 3.60. The van der Waals surface area contributed by atoms with E-state index in [0.717, 1.165) is 29.4 Å². The molecule has 0 saturated carbocycles. The molecule has 2 atom stereocenters. The summed E-state index contributed by atoms with van der Waals surface area (Å²) in [5.74, 6) is 0.382. The molecule has 1 unspecified atom stereocenters. The van der Waals surface area contributed by atoms with Gasteiger partial charge >= 0.3 is 5.97 Å². The highest BCUT2D eigenvalue weighted by atomic mass is 32.1. The number of aryl methyl sites for hydroxylation is 1. The molecule has 0 bridgehead atoms. The Balaban J connectivity index is 1.63. The highest BCUT2D eigenvalue weighted by Crippen LogP contribution is 2.38. The summed E-state index contributed by atoms with van der Waals surface area (Å²) in [4.78, 5) is 29.8. The Kier molecular flexibility index (Phi) is 4.95. The van der Waals surface area contributed by atoms with Crippen LogP contribution < -0.4 is 5.32 Å². The summed E-state index contributed by atoms with van der Waals surface area (Å²) in [6.45, 7) is 4.96. The van der Waals surface area contributed by atoms with Gasteiger partial charge in [-0.3, -0.25) is 4.57 Å². The molecule has 3 aromatic heterocycles. The lowest BCUT2D eigenvalue weighted by Crippen LogP contribution is -2.20. The number of esters is 1. The average Bonchev–Trinajstić information content (AvgIpc) is 3.41. The van der Waals surface area contributed by atoms with E-state index in [2.05, 4.69) is 20.3 Å². The molecule has 0 radical (unpaired) electrons. The van der Waals surface area contributed by atoms with Gasteiger partial charge in [-0.2, -0.15) is 0 Å². The Morgan fingerprint density at radius 1 is 1.41 bits per heavy atom. The van der Waals surface area contributed by atoms with Crippen LogP contribution in [0.4, 0.5) is 0 Å². The first-order valence-corrected chi connectivity index (χ1v) is 9.73. The van der Waals surface area contributed by atoms with Crippen molar-refractivity contribution in [1.82, 2.24) is 29.8 Å². The maximum atomic E-state index is 11.9. The number of imidazole rings is 1. The van der Waals surface area contributed by atoms with E-state index < -0.39 is 0 Å². The van der Waals surface area contributed by atoms with Crippen LogP contribution >= 0.6 is 11.3 Å². The molecule has 1 fully saturated rings. The van der Waals surface area contributed by atoms with E-state index in [-0.39, 0.29) is 17.9 Å². The van der Waals surface area contributed by atoms with Crippen LogP contribution in [0.25, 0.3) is 5.95 Å². The van der Waals surface area contributed by atoms with Gasteiger partial charge in [-0.05, 0) is 32.9 Å². The monoisotopic (exact) mass is 384 g/mol. The first kappa shape index (κ1) is 17.7. The second kappa shape index (κ2) is 7.53. The molecule has 3 aromatic rings. The molecule has 140 valence electrons. The Morgan fingerprint density at radius 2 is 2.30 bits per heavy atom. The van der Waals surface area contributed by atoms with Crippen molar-refractivity contribution < 1.29 is 9.53 Å². The molecule has 8 nitrogen and oxygen atoms in total. The van der Waals surface area contributed by atoms with Crippen LogP contribution in [0, 0.1) is 6.92 Å². The first-order chi connectivity index (χ1) is 13.2. The molecular weight excluding hydrogens is 364 g/mol. The van der Waals surface area contributed by atoms with Gasteiger partial charge in [0.25, 0.3) is 0 Å². The fourth-order valence-corrected chi connectivity index (χ4v) is 4.23. The number of carbonyl (C=O) groups is 1. The van der Waals surface area contributed by atoms with Gasteiger partial charge in [-0.1, -0.05) is 0 Å². The summed E-state index contributed by atoms with van der Waals surface area (Å²) in [5.41, 5.74) is 2.18. The third-order valence-corrected chi connectivity index (χ3v) is 5.44. The molecule has 1 aliphatic rings. The number of carbonyl (C=O) groups excluding carboxylic acids is 1. The van der Waals surface area contributed by atoms with E-state index in [1.165, 1.54) is 11.3 Å². The van der Waals surface area contributed by atoms with Crippen molar-refractivity contribution in [1.29, 1.82) is 0 Å². The lowest BCUT2D eigenvalue weighted by atomic mass is 9.98. The molecule has 0 aliphatic carbocycles. The van der Waals surface area contributed by atoms with Gasteiger partial charge in [-0.25, -0.2) is 24.7 Å². The van der Waals surface area contributed by atoms with Crippen LogP contribution in [0.15, 0.2) is 30.2 Å². The minimum atomic E-state index is -0.372. The predicted molar refractivity (Wildman–Crippen MR) is 100 cm³/mol. The van der Waals surface area contributed by atoms with Crippen LogP contribution in [0.5, 0.6) is 0 Å². The summed E-state index contributed by atoms with van der Waals surface area (Å²) >= 11 is 1.50. The molecule has 4 rings (SSSR count). The van der Waals surface area contributed by atoms with Crippen molar-refractivity contribution in [3.05, 3.63) is 52.3 Å². The van der Waals surface area contributed by atoms with Gasteiger partial charge in [-0.15, -0.1) is 11.3 Å². The van der Waals surface area contributed by atoms with E-state index in [4.69, 9.17) is 9.72 Å². The Labute approximate surface area is 160 Å². The Morgan fingerprint density at radius 3 is 3.07 bits per heavy atom. The Bertz CT molecular complexity index is 939. The van der Waals surface area contributed by atoms with Crippen molar-refractivity contribution in [2.45, 2.75) is 32.2 Å². The molecule has 0 amide bonds. The van der Waals surface area contributed by atoms with Crippen LogP contribution in [0.1, 0.15) is 52.2 Å². The van der Waals surface area contributed by atoms with E-state index in [0.29, 0.717) is 18.2 Å². The van der Waals surface area contributed by atoms with Crippen molar-refractivity contribution in [3.63, 3.8) is 0 Å². The summed E-state index contributed by atoms with van der Waals surface area (Å²) in [6.07, 6.45) is 6.15. The average molecular weight is 384 g/mol. The fourth-order valence-electron chi connectivity index (χ4n) is 3.27. The molecule has 0 spiro atoms. The molecule has 1 saturated heterocycles. The van der Waals surface area contributed by atoms with Gasteiger partial charge < -0.3 is 10.1 Å². The van der Waals surface area contributed by atoms with Crippen molar-refractivity contribution in [2.75, 3.05) is 13.2 Å². The quantitative estimate of drug-likeness (QED) is 0.675. The topological polar surface area (TPSA) is 94.8 Å². The standard InChI is InChI=1S/C18H20N6O2S/c1-3-26-17(25)14-9-27-16(22-14)12-4-5-20-15(12)13-8-11(2)21-18(23-13)24-7-6-19-10-24/h6-10,12,15,20H,3-5H2,1-2H3/t12?,15-/m1/s1. The zero-order chi connectivity index (χ0) is 18.8. The van der Waals surface area contributed by atoms with Crippen molar-refractivity contribution in [2.24, 2.45) is 0 Å². The highest BCUT2D eigenvalue weighted by Gasteiger charge is 2.33. The molecular formula is C18H20N6O2S. The summed E-state index contributed by atoms with van der Waals surface area (Å²) in [5, 5.41) is 6.21. The highest BCUT2D eigenvalue weighted by molar-refractivity contribution is 7.09. The maximum absolute atomic E-state index is 11.9. The van der Waals surface area contributed by atoms with Crippen LogP contribution in [0.2, 0.25) is 0 Å². The fraction of sp³-hybridized carbons (Fsp3) is 0.389. The number of thiazole rings is 1. The van der Waals surface area contributed by atoms with Crippen LogP contribution in [-0.2, 0) is 4.74 Å². The van der Waals surface area contributed by atoms with Crippen LogP contribution in [-0.4, -0.2) is 43.6 Å². The molecule has 4 heterocycles. The molecule has 1 N–H and O–H groups in total. The largest absolute Gasteiger partial charge is 0.461 e.